The molecule has 0 unspecified atom stereocenters. The summed E-state index contributed by atoms with van der Waals surface area (Å²) < 4.78 is 37.8. The number of nitrogens with zero attached hydrogens (tertiary/aromatic N) is 2. The van der Waals surface area contributed by atoms with Gasteiger partial charge in [0.25, 0.3) is 0 Å². The van der Waals surface area contributed by atoms with Crippen molar-refractivity contribution >= 4 is 11.8 Å². The Balaban J connectivity index is 2.10. The zero-order valence-electron chi connectivity index (χ0n) is 10.7. The third-order valence-electron chi connectivity index (χ3n) is 3.84. The second-order valence-corrected chi connectivity index (χ2v) is 5.06. The zero-order valence-corrected chi connectivity index (χ0v) is 10.7. The maximum Gasteiger partial charge on any atom is 0.433 e. The van der Waals surface area contributed by atoms with Gasteiger partial charge >= 0.3 is 6.18 Å². The standard InChI is InChI=1S/C12H17F3N4/c1-2-11(4-3-5-11)7-17-9-6-8(12(13,14)15)18-10(16)19-9/h6H,2-5,7H2,1H3,(H3,16,17,18,19). The fraction of sp³-hybridized carbons (Fsp3) is 0.667. The molecule has 0 atom stereocenters. The van der Waals surface area contributed by atoms with Crippen LogP contribution in [0.3, 0.4) is 0 Å². The van der Waals surface area contributed by atoms with Crippen LogP contribution < -0.4 is 11.1 Å². The van der Waals surface area contributed by atoms with Crippen LogP contribution in [-0.4, -0.2) is 16.5 Å². The van der Waals surface area contributed by atoms with E-state index in [1.807, 2.05) is 0 Å². The molecule has 0 radical (unpaired) electrons. The summed E-state index contributed by atoms with van der Waals surface area (Å²) in [5.74, 6) is -0.226. The Morgan fingerprint density at radius 2 is 2.05 bits per heavy atom. The van der Waals surface area contributed by atoms with E-state index >= 15 is 0 Å². The van der Waals surface area contributed by atoms with Gasteiger partial charge in [0, 0.05) is 12.6 Å². The van der Waals surface area contributed by atoms with Gasteiger partial charge in [-0.15, -0.1) is 0 Å². The molecular weight excluding hydrogens is 257 g/mol. The molecule has 1 aliphatic carbocycles. The number of halogens is 3. The van der Waals surface area contributed by atoms with Crippen molar-refractivity contribution in [2.24, 2.45) is 5.41 Å². The van der Waals surface area contributed by atoms with E-state index < -0.39 is 11.9 Å². The van der Waals surface area contributed by atoms with Crippen LogP contribution in [0.1, 0.15) is 38.3 Å². The van der Waals surface area contributed by atoms with Gasteiger partial charge in [0.05, 0.1) is 0 Å². The second kappa shape index (κ2) is 4.86. The van der Waals surface area contributed by atoms with Gasteiger partial charge in [-0.3, -0.25) is 0 Å². The fourth-order valence-corrected chi connectivity index (χ4v) is 2.31. The Kier molecular flexibility index (Phi) is 3.56. The average molecular weight is 274 g/mol. The predicted molar refractivity (Wildman–Crippen MR) is 66.5 cm³/mol. The number of aromatic nitrogens is 2. The van der Waals surface area contributed by atoms with Crippen molar-refractivity contribution < 1.29 is 13.2 Å². The zero-order chi connectivity index (χ0) is 14.1. The molecule has 0 aliphatic heterocycles. The van der Waals surface area contributed by atoms with E-state index in [0.717, 1.165) is 25.3 Å². The van der Waals surface area contributed by atoms with E-state index in [-0.39, 0.29) is 17.2 Å². The number of hydrogen-bond donors (Lipinski definition) is 2. The minimum absolute atomic E-state index is 0.138. The molecule has 0 spiro atoms. The van der Waals surface area contributed by atoms with Crippen LogP contribution in [0.5, 0.6) is 0 Å². The molecular formula is C12H17F3N4. The summed E-state index contributed by atoms with van der Waals surface area (Å²) in [6, 6.07) is 0.901. The van der Waals surface area contributed by atoms with Crippen LogP contribution in [0.4, 0.5) is 24.9 Å². The van der Waals surface area contributed by atoms with Crippen molar-refractivity contribution in [2.75, 3.05) is 17.6 Å². The Morgan fingerprint density at radius 3 is 2.53 bits per heavy atom. The van der Waals surface area contributed by atoms with Gasteiger partial charge < -0.3 is 11.1 Å². The molecule has 0 aromatic carbocycles. The lowest BCUT2D eigenvalue weighted by molar-refractivity contribution is -0.141. The third kappa shape index (κ3) is 3.08. The highest BCUT2D eigenvalue weighted by Gasteiger charge is 2.36. The smallest absolute Gasteiger partial charge is 0.369 e. The van der Waals surface area contributed by atoms with Gasteiger partial charge in [-0.1, -0.05) is 13.3 Å². The van der Waals surface area contributed by atoms with Crippen molar-refractivity contribution in [3.63, 3.8) is 0 Å². The summed E-state index contributed by atoms with van der Waals surface area (Å²) in [5, 5.41) is 2.96. The molecule has 106 valence electrons. The van der Waals surface area contributed by atoms with Gasteiger partial charge in [-0.2, -0.15) is 18.2 Å². The topological polar surface area (TPSA) is 63.8 Å². The molecule has 0 amide bonds. The summed E-state index contributed by atoms with van der Waals surface area (Å²) >= 11 is 0. The second-order valence-electron chi connectivity index (χ2n) is 5.06. The van der Waals surface area contributed by atoms with E-state index in [2.05, 4.69) is 22.2 Å². The molecule has 0 saturated heterocycles. The Hall–Kier alpha value is -1.53. The van der Waals surface area contributed by atoms with Crippen molar-refractivity contribution in [3.05, 3.63) is 11.8 Å². The molecule has 1 heterocycles. The van der Waals surface area contributed by atoms with Gasteiger partial charge in [0.15, 0.2) is 5.69 Å². The molecule has 19 heavy (non-hydrogen) atoms. The first-order valence-electron chi connectivity index (χ1n) is 6.30. The van der Waals surface area contributed by atoms with Crippen LogP contribution in [0.15, 0.2) is 6.07 Å². The lowest BCUT2D eigenvalue weighted by Gasteiger charge is -2.41. The monoisotopic (exact) mass is 274 g/mol. The maximum atomic E-state index is 12.6. The minimum Gasteiger partial charge on any atom is -0.369 e. The summed E-state index contributed by atoms with van der Waals surface area (Å²) in [4.78, 5) is 7.00. The predicted octanol–water partition coefficient (Wildman–Crippen LogP) is 3.07. The van der Waals surface area contributed by atoms with E-state index in [0.29, 0.717) is 6.54 Å². The first-order chi connectivity index (χ1) is 8.85. The molecule has 1 fully saturated rings. The summed E-state index contributed by atoms with van der Waals surface area (Å²) in [6.45, 7) is 2.72. The van der Waals surface area contributed by atoms with Gasteiger partial charge in [0.2, 0.25) is 5.95 Å². The number of nitrogens with two attached hydrogens (primary N) is 1. The summed E-state index contributed by atoms with van der Waals surface area (Å²) in [7, 11) is 0. The molecule has 7 heteroatoms. The number of alkyl halides is 3. The van der Waals surface area contributed by atoms with E-state index in [4.69, 9.17) is 5.73 Å². The Labute approximate surface area is 109 Å². The first kappa shape index (κ1) is 13.9. The SMILES string of the molecule is CCC1(CNc2cc(C(F)(F)F)nc(N)n2)CCC1. The van der Waals surface area contributed by atoms with Crippen LogP contribution in [0.25, 0.3) is 0 Å². The van der Waals surface area contributed by atoms with Crippen LogP contribution >= 0.6 is 0 Å². The molecule has 4 nitrogen and oxygen atoms in total. The largest absolute Gasteiger partial charge is 0.433 e. The van der Waals surface area contributed by atoms with Crippen molar-refractivity contribution in [1.29, 1.82) is 0 Å². The minimum atomic E-state index is -4.51. The lowest BCUT2D eigenvalue weighted by Crippen LogP contribution is -2.36. The summed E-state index contributed by atoms with van der Waals surface area (Å²) in [6.07, 6.45) is -0.124. The van der Waals surface area contributed by atoms with Gasteiger partial charge in [-0.25, -0.2) is 4.98 Å². The Morgan fingerprint density at radius 1 is 1.37 bits per heavy atom. The molecule has 2 rings (SSSR count). The lowest BCUT2D eigenvalue weighted by atomic mass is 9.67. The molecule has 0 bridgehead atoms. The number of anilines is 2. The fourth-order valence-electron chi connectivity index (χ4n) is 2.31. The van der Waals surface area contributed by atoms with Gasteiger partial charge in [0.1, 0.15) is 5.82 Å². The van der Waals surface area contributed by atoms with Crippen molar-refractivity contribution in [2.45, 2.75) is 38.8 Å². The van der Waals surface area contributed by atoms with E-state index in [1.165, 1.54) is 6.42 Å². The molecule has 3 N–H and O–H groups in total. The van der Waals surface area contributed by atoms with E-state index in [9.17, 15) is 13.2 Å². The number of nitrogen functional groups attached to an aromatic ring is 1. The van der Waals surface area contributed by atoms with Crippen molar-refractivity contribution in [3.8, 4) is 0 Å². The number of nitrogens with one attached hydrogen (secondary N) is 1. The molecule has 1 saturated carbocycles. The number of hydrogen-bond acceptors (Lipinski definition) is 4. The highest BCUT2D eigenvalue weighted by Crippen LogP contribution is 2.43. The quantitative estimate of drug-likeness (QED) is 0.885. The normalized spacial score (nSPS) is 17.9. The maximum absolute atomic E-state index is 12.6. The van der Waals surface area contributed by atoms with Crippen LogP contribution in [0.2, 0.25) is 0 Å². The van der Waals surface area contributed by atoms with E-state index in [1.54, 1.807) is 0 Å². The highest BCUT2D eigenvalue weighted by molar-refractivity contribution is 5.41. The average Bonchev–Trinajstić information content (AvgIpc) is 2.26. The Bertz CT molecular complexity index is 449. The molecule has 1 aromatic rings. The third-order valence-corrected chi connectivity index (χ3v) is 3.84. The highest BCUT2D eigenvalue weighted by atomic mass is 19.4. The van der Waals surface area contributed by atoms with Crippen LogP contribution in [0, 0.1) is 5.41 Å². The van der Waals surface area contributed by atoms with Crippen molar-refractivity contribution in [1.82, 2.24) is 9.97 Å². The molecule has 1 aliphatic rings. The summed E-state index contributed by atoms with van der Waals surface area (Å²) in [5.41, 5.74) is 4.49. The first-order valence-corrected chi connectivity index (χ1v) is 6.30. The van der Waals surface area contributed by atoms with Crippen LogP contribution in [-0.2, 0) is 6.18 Å². The molecule has 1 aromatic heterocycles. The van der Waals surface area contributed by atoms with Gasteiger partial charge in [-0.05, 0) is 24.7 Å². The number of rotatable bonds is 4.